The smallest absolute Gasteiger partial charge is 0.305 e. The molecule has 0 bridgehead atoms. The maximum Gasteiger partial charge on any atom is 0.305 e. The van der Waals surface area contributed by atoms with Crippen LogP contribution < -0.4 is 5.32 Å². The first-order chi connectivity index (χ1) is 9.30. The number of ether oxygens (including phenoxy) is 1. The standard InChI is InChI=1S/C14H26N2O4/c1-14(2,3)16(9-6-13(18)19)12(17)10-20-11-4-7-15-8-5-11/h11,15H,4-10H2,1-3H3,(H,18,19). The number of nitrogens with zero attached hydrogens (tertiary/aromatic N) is 1. The lowest BCUT2D eigenvalue weighted by atomic mass is 10.1. The molecule has 116 valence electrons. The zero-order valence-corrected chi connectivity index (χ0v) is 12.6. The zero-order chi connectivity index (χ0) is 15.2. The van der Waals surface area contributed by atoms with Gasteiger partial charge in [-0.15, -0.1) is 0 Å². The normalized spacial score (nSPS) is 16.9. The Bertz CT molecular complexity index is 333. The summed E-state index contributed by atoms with van der Waals surface area (Å²) in [7, 11) is 0. The van der Waals surface area contributed by atoms with Gasteiger partial charge in [0.2, 0.25) is 5.91 Å². The van der Waals surface area contributed by atoms with Gasteiger partial charge in [-0.05, 0) is 46.7 Å². The van der Waals surface area contributed by atoms with Gasteiger partial charge in [-0.1, -0.05) is 0 Å². The summed E-state index contributed by atoms with van der Waals surface area (Å²) in [6.07, 6.45) is 1.91. The second kappa shape index (κ2) is 7.59. The fourth-order valence-corrected chi connectivity index (χ4v) is 2.27. The Morgan fingerprint density at radius 2 is 1.90 bits per heavy atom. The van der Waals surface area contributed by atoms with Crippen LogP contribution in [0.25, 0.3) is 0 Å². The van der Waals surface area contributed by atoms with Crippen molar-refractivity contribution < 1.29 is 19.4 Å². The van der Waals surface area contributed by atoms with E-state index in [2.05, 4.69) is 5.32 Å². The van der Waals surface area contributed by atoms with Gasteiger partial charge >= 0.3 is 5.97 Å². The molecule has 0 aromatic carbocycles. The van der Waals surface area contributed by atoms with E-state index >= 15 is 0 Å². The first-order valence-electron chi connectivity index (χ1n) is 7.15. The number of rotatable bonds is 6. The monoisotopic (exact) mass is 286 g/mol. The van der Waals surface area contributed by atoms with Crippen molar-refractivity contribution in [3.05, 3.63) is 0 Å². The third-order valence-corrected chi connectivity index (χ3v) is 3.39. The van der Waals surface area contributed by atoms with Crippen LogP contribution in [-0.2, 0) is 14.3 Å². The predicted molar refractivity (Wildman–Crippen MR) is 75.6 cm³/mol. The Morgan fingerprint density at radius 1 is 1.30 bits per heavy atom. The van der Waals surface area contributed by atoms with Gasteiger partial charge in [0.15, 0.2) is 0 Å². The van der Waals surface area contributed by atoms with Crippen LogP contribution in [0.3, 0.4) is 0 Å². The first kappa shape index (κ1) is 16.9. The van der Waals surface area contributed by atoms with Crippen molar-refractivity contribution in [3.8, 4) is 0 Å². The fourth-order valence-electron chi connectivity index (χ4n) is 2.27. The Hall–Kier alpha value is -1.14. The van der Waals surface area contributed by atoms with Crippen molar-refractivity contribution in [2.75, 3.05) is 26.2 Å². The summed E-state index contributed by atoms with van der Waals surface area (Å²) in [6, 6.07) is 0. The first-order valence-corrected chi connectivity index (χ1v) is 7.15. The maximum atomic E-state index is 12.2. The van der Waals surface area contributed by atoms with Gasteiger partial charge in [0.05, 0.1) is 12.5 Å². The highest BCUT2D eigenvalue weighted by atomic mass is 16.5. The zero-order valence-electron chi connectivity index (χ0n) is 12.6. The fraction of sp³-hybridized carbons (Fsp3) is 0.857. The topological polar surface area (TPSA) is 78.9 Å². The summed E-state index contributed by atoms with van der Waals surface area (Å²) in [6.45, 7) is 7.78. The van der Waals surface area contributed by atoms with Crippen molar-refractivity contribution in [2.24, 2.45) is 0 Å². The number of carbonyl (C=O) groups excluding carboxylic acids is 1. The van der Waals surface area contributed by atoms with E-state index in [1.807, 2.05) is 20.8 Å². The van der Waals surface area contributed by atoms with Gasteiger partial charge in [0.1, 0.15) is 6.61 Å². The van der Waals surface area contributed by atoms with Crippen molar-refractivity contribution in [3.63, 3.8) is 0 Å². The molecule has 0 unspecified atom stereocenters. The molecule has 20 heavy (non-hydrogen) atoms. The number of hydrogen-bond acceptors (Lipinski definition) is 4. The molecule has 1 aliphatic heterocycles. The molecule has 2 N–H and O–H groups in total. The molecule has 0 spiro atoms. The largest absolute Gasteiger partial charge is 0.481 e. The molecule has 1 heterocycles. The molecule has 0 radical (unpaired) electrons. The van der Waals surface area contributed by atoms with Gasteiger partial charge in [-0.3, -0.25) is 9.59 Å². The van der Waals surface area contributed by atoms with Crippen molar-refractivity contribution in [1.82, 2.24) is 10.2 Å². The minimum atomic E-state index is -0.897. The second-order valence-electron chi connectivity index (χ2n) is 6.12. The highest BCUT2D eigenvalue weighted by Gasteiger charge is 2.27. The molecule has 0 aromatic heterocycles. The highest BCUT2D eigenvalue weighted by molar-refractivity contribution is 5.79. The van der Waals surface area contributed by atoms with Crippen molar-refractivity contribution in [1.29, 1.82) is 0 Å². The summed E-state index contributed by atoms with van der Waals surface area (Å²) < 4.78 is 5.65. The maximum absolute atomic E-state index is 12.2. The van der Waals surface area contributed by atoms with Crippen LogP contribution in [0.1, 0.15) is 40.0 Å². The number of amides is 1. The number of carboxylic acids is 1. The molecule has 1 fully saturated rings. The van der Waals surface area contributed by atoms with Gasteiger partial charge < -0.3 is 20.1 Å². The number of hydrogen-bond donors (Lipinski definition) is 2. The Balaban J connectivity index is 2.47. The predicted octanol–water partition coefficient (Wildman–Crippen LogP) is 0.857. The Kier molecular flexibility index (Phi) is 6.42. The van der Waals surface area contributed by atoms with Gasteiger partial charge in [0, 0.05) is 12.1 Å². The molecule has 1 aliphatic rings. The van der Waals surface area contributed by atoms with E-state index in [4.69, 9.17) is 9.84 Å². The van der Waals surface area contributed by atoms with E-state index in [0.717, 1.165) is 25.9 Å². The summed E-state index contributed by atoms with van der Waals surface area (Å²) >= 11 is 0. The Labute approximate surface area is 120 Å². The SMILES string of the molecule is CC(C)(C)N(CCC(=O)O)C(=O)COC1CCNCC1. The molecule has 0 saturated carbocycles. The summed E-state index contributed by atoms with van der Waals surface area (Å²) in [5, 5.41) is 12.0. The number of carbonyl (C=O) groups is 2. The molecule has 0 aromatic rings. The lowest BCUT2D eigenvalue weighted by molar-refractivity contribution is -0.145. The van der Waals surface area contributed by atoms with Gasteiger partial charge in [-0.2, -0.15) is 0 Å². The van der Waals surface area contributed by atoms with E-state index < -0.39 is 11.5 Å². The molecule has 1 amide bonds. The average Bonchev–Trinajstić information content (AvgIpc) is 2.35. The van der Waals surface area contributed by atoms with Crippen molar-refractivity contribution in [2.45, 2.75) is 51.7 Å². The van der Waals surface area contributed by atoms with E-state index in [9.17, 15) is 9.59 Å². The van der Waals surface area contributed by atoms with Crippen LogP contribution in [0, 0.1) is 0 Å². The highest BCUT2D eigenvalue weighted by Crippen LogP contribution is 2.15. The third-order valence-electron chi connectivity index (χ3n) is 3.39. The summed E-state index contributed by atoms with van der Waals surface area (Å²) in [5.41, 5.74) is -0.399. The lowest BCUT2D eigenvalue weighted by Gasteiger charge is -2.36. The lowest BCUT2D eigenvalue weighted by Crippen LogP contribution is -2.48. The van der Waals surface area contributed by atoms with Crippen molar-refractivity contribution >= 4 is 11.9 Å². The molecular formula is C14H26N2O4. The molecule has 1 saturated heterocycles. The third kappa shape index (κ3) is 5.88. The molecule has 0 aliphatic carbocycles. The number of nitrogens with one attached hydrogen (secondary N) is 1. The average molecular weight is 286 g/mol. The van der Waals surface area contributed by atoms with E-state index in [1.54, 1.807) is 4.90 Å². The number of piperidine rings is 1. The molecular weight excluding hydrogens is 260 g/mol. The van der Waals surface area contributed by atoms with Crippen LogP contribution in [0.15, 0.2) is 0 Å². The quantitative estimate of drug-likeness (QED) is 0.757. The van der Waals surface area contributed by atoms with Gasteiger partial charge in [0.25, 0.3) is 0 Å². The van der Waals surface area contributed by atoms with E-state index in [0.29, 0.717) is 0 Å². The van der Waals surface area contributed by atoms with Gasteiger partial charge in [-0.25, -0.2) is 0 Å². The Morgan fingerprint density at radius 3 is 2.40 bits per heavy atom. The minimum absolute atomic E-state index is 0.0293. The molecule has 6 heteroatoms. The summed E-state index contributed by atoms with van der Waals surface area (Å²) in [4.78, 5) is 24.5. The summed E-state index contributed by atoms with van der Waals surface area (Å²) in [5.74, 6) is -1.04. The van der Waals surface area contributed by atoms with E-state index in [1.165, 1.54) is 0 Å². The van der Waals surface area contributed by atoms with Crippen LogP contribution in [0.4, 0.5) is 0 Å². The van der Waals surface area contributed by atoms with Crippen LogP contribution >= 0.6 is 0 Å². The van der Waals surface area contributed by atoms with Crippen LogP contribution in [-0.4, -0.2) is 59.8 Å². The minimum Gasteiger partial charge on any atom is -0.481 e. The second-order valence-corrected chi connectivity index (χ2v) is 6.12. The number of carboxylic acid groups (broad SMARTS) is 1. The van der Waals surface area contributed by atoms with E-state index in [-0.39, 0.29) is 31.6 Å². The van der Waals surface area contributed by atoms with Crippen LogP contribution in [0.2, 0.25) is 0 Å². The molecule has 1 rings (SSSR count). The molecule has 0 atom stereocenters. The van der Waals surface area contributed by atoms with Crippen LogP contribution in [0.5, 0.6) is 0 Å². The molecule has 6 nitrogen and oxygen atoms in total. The number of aliphatic carboxylic acids is 1.